The van der Waals surface area contributed by atoms with Gasteiger partial charge in [0.25, 0.3) is 0 Å². The van der Waals surface area contributed by atoms with E-state index in [1.54, 1.807) is 11.8 Å². The molecule has 0 bridgehead atoms. The first-order valence-corrected chi connectivity index (χ1v) is 10.5. The molecule has 29 heavy (non-hydrogen) atoms. The van der Waals surface area contributed by atoms with Gasteiger partial charge in [0.15, 0.2) is 0 Å². The first-order valence-electron chi connectivity index (χ1n) is 10.5. The van der Waals surface area contributed by atoms with Crippen LogP contribution in [-0.2, 0) is 11.2 Å². The first kappa shape index (κ1) is 21.2. The average Bonchev–Trinajstić information content (AvgIpc) is 3.16. The number of nitrogens with one attached hydrogen (secondary N) is 1. The number of rotatable bonds is 9. The van der Waals surface area contributed by atoms with Gasteiger partial charge in [-0.2, -0.15) is 0 Å². The van der Waals surface area contributed by atoms with Crippen LogP contribution in [0.4, 0.5) is 0 Å². The Kier molecular flexibility index (Phi) is 7.57. The summed E-state index contributed by atoms with van der Waals surface area (Å²) in [6.45, 7) is 6.94. The summed E-state index contributed by atoms with van der Waals surface area (Å²) < 4.78 is 6.90. The minimum Gasteiger partial charge on any atom is -0.497 e. The van der Waals surface area contributed by atoms with Gasteiger partial charge in [-0.1, -0.05) is 18.6 Å². The molecular formula is C21H32N6O2. The number of aryl methyl sites for hydroxylation is 1. The number of benzene rings is 1. The molecule has 1 aliphatic heterocycles. The summed E-state index contributed by atoms with van der Waals surface area (Å²) in [5, 5.41) is 14.8. The number of nitrogens with zero attached hydrogens (tertiary/aromatic N) is 5. The lowest BCUT2D eigenvalue weighted by Gasteiger charge is -2.33. The molecule has 1 fully saturated rings. The molecule has 1 aromatic carbocycles. The van der Waals surface area contributed by atoms with Crippen molar-refractivity contribution in [3.63, 3.8) is 0 Å². The van der Waals surface area contributed by atoms with Crippen LogP contribution in [0.15, 0.2) is 24.3 Å². The molecule has 1 N–H and O–H groups in total. The molecule has 0 saturated carbocycles. The number of amides is 1. The molecule has 158 valence electrons. The molecule has 0 aliphatic carbocycles. The van der Waals surface area contributed by atoms with Crippen LogP contribution in [0.5, 0.6) is 5.75 Å². The van der Waals surface area contributed by atoms with E-state index < -0.39 is 6.04 Å². The van der Waals surface area contributed by atoms with Crippen molar-refractivity contribution in [3.8, 4) is 5.75 Å². The third kappa shape index (κ3) is 5.76. The van der Waals surface area contributed by atoms with Crippen LogP contribution in [0.1, 0.15) is 50.0 Å². The van der Waals surface area contributed by atoms with E-state index >= 15 is 0 Å². The summed E-state index contributed by atoms with van der Waals surface area (Å²) in [5.41, 5.74) is 1.00. The van der Waals surface area contributed by atoms with Crippen LogP contribution in [0, 0.1) is 6.92 Å². The normalized spacial score (nSPS) is 18.4. The number of tetrazole rings is 1. The third-order valence-corrected chi connectivity index (χ3v) is 5.68. The Bertz CT molecular complexity index is 793. The van der Waals surface area contributed by atoms with Crippen LogP contribution in [0.25, 0.3) is 0 Å². The van der Waals surface area contributed by atoms with Gasteiger partial charge in [0.1, 0.15) is 17.6 Å². The summed E-state index contributed by atoms with van der Waals surface area (Å²) in [4.78, 5) is 15.5. The highest BCUT2D eigenvalue weighted by Crippen LogP contribution is 2.20. The van der Waals surface area contributed by atoms with Gasteiger partial charge in [0, 0.05) is 25.6 Å². The second kappa shape index (κ2) is 10.3. The Balaban J connectivity index is 1.59. The zero-order valence-electron chi connectivity index (χ0n) is 17.7. The lowest BCUT2D eigenvalue weighted by Crippen LogP contribution is -2.40. The predicted molar refractivity (Wildman–Crippen MR) is 111 cm³/mol. The molecule has 3 rings (SSSR count). The highest BCUT2D eigenvalue weighted by Gasteiger charge is 2.24. The highest BCUT2D eigenvalue weighted by molar-refractivity contribution is 5.80. The Morgan fingerprint density at radius 3 is 2.97 bits per heavy atom. The van der Waals surface area contributed by atoms with Crippen LogP contribution < -0.4 is 10.1 Å². The predicted octanol–water partition coefficient (Wildman–Crippen LogP) is 2.15. The molecule has 0 radical (unpaired) electrons. The lowest BCUT2D eigenvalue weighted by molar-refractivity contribution is -0.124. The molecule has 2 heterocycles. The molecule has 1 saturated heterocycles. The molecule has 1 aliphatic rings. The van der Waals surface area contributed by atoms with Crippen molar-refractivity contribution >= 4 is 5.91 Å². The van der Waals surface area contributed by atoms with Gasteiger partial charge >= 0.3 is 0 Å². The van der Waals surface area contributed by atoms with Gasteiger partial charge in [0.05, 0.1) is 7.11 Å². The van der Waals surface area contributed by atoms with E-state index in [9.17, 15) is 4.79 Å². The average molecular weight is 401 g/mol. The number of likely N-dealkylation sites (tertiary alicyclic amines) is 1. The monoisotopic (exact) mass is 400 g/mol. The number of piperidine rings is 1. The SMILES string of the molecule is COc1cccc(C[C@@H](C(=O)NCCCN2CCCC[C@H]2C)n2nnnc2C)c1. The van der Waals surface area contributed by atoms with Gasteiger partial charge < -0.3 is 15.0 Å². The smallest absolute Gasteiger partial charge is 0.245 e. The summed E-state index contributed by atoms with van der Waals surface area (Å²) in [7, 11) is 1.64. The Labute approximate surface area is 172 Å². The van der Waals surface area contributed by atoms with E-state index in [0.717, 1.165) is 30.8 Å². The second-order valence-corrected chi connectivity index (χ2v) is 7.77. The van der Waals surface area contributed by atoms with Crippen LogP contribution >= 0.6 is 0 Å². The topological polar surface area (TPSA) is 85.2 Å². The molecule has 2 aromatic rings. The first-order chi connectivity index (χ1) is 14.1. The van der Waals surface area contributed by atoms with E-state index in [2.05, 4.69) is 32.7 Å². The van der Waals surface area contributed by atoms with E-state index in [4.69, 9.17) is 4.74 Å². The standard InChI is InChI=1S/C21H32N6O2/c1-16-8-4-5-12-26(16)13-7-11-22-21(28)20(27-17(2)23-24-25-27)15-18-9-6-10-19(14-18)29-3/h6,9-10,14,16,20H,4-5,7-8,11-13,15H2,1-3H3,(H,22,28)/t16-,20+/m1/s1. The molecule has 1 amide bonds. The maximum atomic E-state index is 13.0. The summed E-state index contributed by atoms with van der Waals surface area (Å²) in [5.74, 6) is 1.33. The van der Waals surface area contributed by atoms with Crippen molar-refractivity contribution in [1.82, 2.24) is 30.4 Å². The number of ether oxygens (including phenoxy) is 1. The maximum absolute atomic E-state index is 13.0. The van der Waals surface area contributed by atoms with Crippen LogP contribution in [0.3, 0.4) is 0 Å². The van der Waals surface area contributed by atoms with Gasteiger partial charge in [-0.3, -0.25) is 4.79 Å². The fraction of sp³-hybridized carbons (Fsp3) is 0.619. The summed E-state index contributed by atoms with van der Waals surface area (Å²) in [6.07, 6.45) is 5.31. The zero-order valence-corrected chi connectivity index (χ0v) is 17.7. The summed E-state index contributed by atoms with van der Waals surface area (Å²) >= 11 is 0. The van der Waals surface area contributed by atoms with Gasteiger partial charge in [-0.05, 0) is 67.8 Å². The second-order valence-electron chi connectivity index (χ2n) is 7.77. The largest absolute Gasteiger partial charge is 0.497 e. The van der Waals surface area contributed by atoms with Crippen LogP contribution in [-0.4, -0.2) is 63.8 Å². The van der Waals surface area contributed by atoms with Crippen molar-refractivity contribution in [2.45, 2.75) is 58.0 Å². The quantitative estimate of drug-likeness (QED) is 0.649. The number of hydrogen-bond donors (Lipinski definition) is 1. The molecular weight excluding hydrogens is 368 g/mol. The number of methoxy groups -OCH3 is 1. The Morgan fingerprint density at radius 2 is 2.24 bits per heavy atom. The van der Waals surface area contributed by atoms with E-state index in [-0.39, 0.29) is 5.91 Å². The highest BCUT2D eigenvalue weighted by atomic mass is 16.5. The number of hydrogen-bond acceptors (Lipinski definition) is 6. The molecule has 2 atom stereocenters. The van der Waals surface area contributed by atoms with Crippen molar-refractivity contribution in [2.24, 2.45) is 0 Å². The fourth-order valence-corrected chi connectivity index (χ4v) is 3.94. The Morgan fingerprint density at radius 1 is 1.38 bits per heavy atom. The van der Waals surface area contributed by atoms with Crippen LogP contribution in [0.2, 0.25) is 0 Å². The van der Waals surface area contributed by atoms with Crippen molar-refractivity contribution in [3.05, 3.63) is 35.7 Å². The Hall–Kier alpha value is -2.48. The minimum absolute atomic E-state index is 0.0603. The van der Waals surface area contributed by atoms with E-state index in [1.807, 2.05) is 31.2 Å². The van der Waals surface area contributed by atoms with Crippen molar-refractivity contribution in [2.75, 3.05) is 26.7 Å². The third-order valence-electron chi connectivity index (χ3n) is 5.68. The number of carbonyl (C=O) groups excluding carboxylic acids is 1. The molecule has 8 nitrogen and oxygen atoms in total. The molecule has 8 heteroatoms. The van der Waals surface area contributed by atoms with Gasteiger partial charge in [-0.25, -0.2) is 4.68 Å². The van der Waals surface area contributed by atoms with Gasteiger partial charge in [0.2, 0.25) is 5.91 Å². The van der Waals surface area contributed by atoms with Crippen molar-refractivity contribution < 1.29 is 9.53 Å². The number of aromatic nitrogens is 4. The molecule has 1 aromatic heterocycles. The maximum Gasteiger partial charge on any atom is 0.245 e. The number of carbonyl (C=O) groups is 1. The van der Waals surface area contributed by atoms with E-state index in [0.29, 0.717) is 24.8 Å². The molecule has 0 spiro atoms. The molecule has 0 unspecified atom stereocenters. The minimum atomic E-state index is -0.494. The zero-order chi connectivity index (χ0) is 20.6. The van der Waals surface area contributed by atoms with Gasteiger partial charge in [-0.15, -0.1) is 5.10 Å². The lowest BCUT2D eigenvalue weighted by atomic mass is 10.0. The van der Waals surface area contributed by atoms with Crippen molar-refractivity contribution in [1.29, 1.82) is 0 Å². The van der Waals surface area contributed by atoms with E-state index in [1.165, 1.54) is 19.3 Å². The summed E-state index contributed by atoms with van der Waals surface area (Å²) in [6, 6.07) is 7.89. The fourth-order valence-electron chi connectivity index (χ4n) is 3.94.